The first kappa shape index (κ1) is 16.0. The molecule has 1 amide bonds. The van der Waals surface area contributed by atoms with Gasteiger partial charge in [-0.1, -0.05) is 37.3 Å². The normalized spacial score (nSPS) is 17.7. The molecule has 1 unspecified atom stereocenters. The third-order valence-corrected chi connectivity index (χ3v) is 4.56. The standard InChI is InChI=1S/C18H28N2O/c1-15(6-5-11-19)18(21)20-12-9-17(10-13-20)14-16-7-3-2-4-8-16/h2-4,7-8,15,17H,5-6,9-14,19H2,1H3. The van der Waals surface area contributed by atoms with Gasteiger partial charge in [0.2, 0.25) is 5.91 Å². The van der Waals surface area contributed by atoms with Crippen LogP contribution in [0.3, 0.4) is 0 Å². The number of nitrogens with zero attached hydrogens (tertiary/aromatic N) is 1. The first-order chi connectivity index (χ1) is 10.2. The maximum Gasteiger partial charge on any atom is 0.225 e. The van der Waals surface area contributed by atoms with Crippen molar-refractivity contribution >= 4 is 5.91 Å². The van der Waals surface area contributed by atoms with Gasteiger partial charge in [0.25, 0.3) is 0 Å². The van der Waals surface area contributed by atoms with Gasteiger partial charge in [0.1, 0.15) is 0 Å². The van der Waals surface area contributed by atoms with Gasteiger partial charge in [-0.3, -0.25) is 4.79 Å². The fourth-order valence-corrected chi connectivity index (χ4v) is 3.16. The van der Waals surface area contributed by atoms with Crippen LogP contribution in [0.25, 0.3) is 0 Å². The summed E-state index contributed by atoms with van der Waals surface area (Å²) in [5.41, 5.74) is 6.94. The quantitative estimate of drug-likeness (QED) is 0.875. The Bertz CT molecular complexity index is 424. The van der Waals surface area contributed by atoms with Crippen LogP contribution in [0, 0.1) is 11.8 Å². The van der Waals surface area contributed by atoms with Crippen LogP contribution < -0.4 is 5.73 Å². The summed E-state index contributed by atoms with van der Waals surface area (Å²) in [5, 5.41) is 0. The Morgan fingerprint density at radius 1 is 1.29 bits per heavy atom. The molecule has 3 heteroatoms. The van der Waals surface area contributed by atoms with Crippen molar-refractivity contribution in [2.24, 2.45) is 17.6 Å². The van der Waals surface area contributed by atoms with Gasteiger partial charge in [-0.2, -0.15) is 0 Å². The molecular formula is C18H28N2O. The molecule has 21 heavy (non-hydrogen) atoms. The number of carbonyl (C=O) groups is 1. The zero-order valence-corrected chi connectivity index (χ0v) is 13.1. The number of hydrogen-bond acceptors (Lipinski definition) is 2. The number of carbonyl (C=O) groups excluding carboxylic acids is 1. The predicted octanol–water partition coefficient (Wildman–Crippen LogP) is 2.84. The number of hydrogen-bond donors (Lipinski definition) is 1. The minimum Gasteiger partial charge on any atom is -0.342 e. The third kappa shape index (κ3) is 4.85. The Hall–Kier alpha value is -1.35. The van der Waals surface area contributed by atoms with E-state index in [1.807, 2.05) is 6.92 Å². The molecule has 2 rings (SSSR count). The van der Waals surface area contributed by atoms with Crippen LogP contribution in [0.2, 0.25) is 0 Å². The summed E-state index contributed by atoms with van der Waals surface area (Å²) in [4.78, 5) is 14.4. The lowest BCUT2D eigenvalue weighted by Crippen LogP contribution is -2.41. The predicted molar refractivity (Wildman–Crippen MR) is 86.9 cm³/mol. The van der Waals surface area contributed by atoms with Crippen LogP contribution in [0.15, 0.2) is 30.3 Å². The van der Waals surface area contributed by atoms with E-state index in [1.54, 1.807) is 0 Å². The second-order valence-electron chi connectivity index (χ2n) is 6.29. The zero-order valence-electron chi connectivity index (χ0n) is 13.1. The van der Waals surface area contributed by atoms with Gasteiger partial charge < -0.3 is 10.6 Å². The molecule has 0 radical (unpaired) electrons. The summed E-state index contributed by atoms with van der Waals surface area (Å²) in [5.74, 6) is 1.16. The van der Waals surface area contributed by atoms with Gasteiger partial charge in [-0.25, -0.2) is 0 Å². The summed E-state index contributed by atoms with van der Waals surface area (Å²) in [7, 11) is 0. The molecule has 0 aromatic heterocycles. The maximum absolute atomic E-state index is 12.4. The topological polar surface area (TPSA) is 46.3 Å². The molecule has 1 saturated heterocycles. The lowest BCUT2D eigenvalue weighted by Gasteiger charge is -2.33. The molecule has 0 bridgehead atoms. The summed E-state index contributed by atoms with van der Waals surface area (Å²) >= 11 is 0. The van der Waals surface area contributed by atoms with E-state index in [1.165, 1.54) is 5.56 Å². The number of rotatable bonds is 6. The Labute approximate surface area is 128 Å². The summed E-state index contributed by atoms with van der Waals surface area (Å²) < 4.78 is 0. The molecule has 3 nitrogen and oxygen atoms in total. The van der Waals surface area contributed by atoms with Crippen molar-refractivity contribution in [2.45, 2.75) is 39.0 Å². The van der Waals surface area contributed by atoms with Crippen LogP contribution in [0.4, 0.5) is 0 Å². The van der Waals surface area contributed by atoms with E-state index in [2.05, 4.69) is 35.2 Å². The van der Waals surface area contributed by atoms with Crippen molar-refractivity contribution in [1.29, 1.82) is 0 Å². The Morgan fingerprint density at radius 3 is 2.57 bits per heavy atom. The Balaban J connectivity index is 1.76. The smallest absolute Gasteiger partial charge is 0.225 e. The number of piperidine rings is 1. The molecule has 116 valence electrons. The van der Waals surface area contributed by atoms with E-state index in [0.29, 0.717) is 12.5 Å². The highest BCUT2D eigenvalue weighted by Gasteiger charge is 2.25. The van der Waals surface area contributed by atoms with E-state index in [0.717, 1.165) is 51.1 Å². The number of likely N-dealkylation sites (tertiary alicyclic amines) is 1. The SMILES string of the molecule is CC(CCCN)C(=O)N1CCC(Cc2ccccc2)CC1. The molecule has 0 spiro atoms. The minimum atomic E-state index is 0.124. The lowest BCUT2D eigenvalue weighted by atomic mass is 9.89. The average Bonchev–Trinajstić information content (AvgIpc) is 2.53. The van der Waals surface area contributed by atoms with Crippen molar-refractivity contribution in [1.82, 2.24) is 4.90 Å². The van der Waals surface area contributed by atoms with Crippen molar-refractivity contribution in [3.63, 3.8) is 0 Å². The highest BCUT2D eigenvalue weighted by Crippen LogP contribution is 2.23. The van der Waals surface area contributed by atoms with Crippen LogP contribution in [-0.2, 0) is 11.2 Å². The Morgan fingerprint density at radius 2 is 1.95 bits per heavy atom. The largest absolute Gasteiger partial charge is 0.342 e. The van der Waals surface area contributed by atoms with E-state index < -0.39 is 0 Å². The monoisotopic (exact) mass is 288 g/mol. The van der Waals surface area contributed by atoms with E-state index in [4.69, 9.17) is 5.73 Å². The molecule has 1 atom stereocenters. The maximum atomic E-state index is 12.4. The second-order valence-corrected chi connectivity index (χ2v) is 6.29. The summed E-state index contributed by atoms with van der Waals surface area (Å²) in [6, 6.07) is 10.7. The molecule has 0 saturated carbocycles. The zero-order chi connectivity index (χ0) is 15.1. The highest BCUT2D eigenvalue weighted by atomic mass is 16.2. The van der Waals surface area contributed by atoms with E-state index in [-0.39, 0.29) is 5.92 Å². The van der Waals surface area contributed by atoms with Crippen molar-refractivity contribution in [3.8, 4) is 0 Å². The van der Waals surface area contributed by atoms with Crippen LogP contribution in [-0.4, -0.2) is 30.4 Å². The van der Waals surface area contributed by atoms with Gasteiger partial charge in [0.15, 0.2) is 0 Å². The van der Waals surface area contributed by atoms with Crippen LogP contribution in [0.5, 0.6) is 0 Å². The van der Waals surface area contributed by atoms with Gasteiger partial charge in [-0.05, 0) is 50.1 Å². The molecule has 1 aliphatic heterocycles. The number of nitrogens with two attached hydrogens (primary N) is 1. The van der Waals surface area contributed by atoms with Gasteiger partial charge >= 0.3 is 0 Å². The van der Waals surface area contributed by atoms with Crippen LogP contribution in [0.1, 0.15) is 38.2 Å². The minimum absolute atomic E-state index is 0.124. The van der Waals surface area contributed by atoms with Gasteiger partial charge in [0, 0.05) is 19.0 Å². The third-order valence-electron chi connectivity index (χ3n) is 4.56. The van der Waals surface area contributed by atoms with Crippen LogP contribution >= 0.6 is 0 Å². The molecule has 1 heterocycles. The molecule has 2 N–H and O–H groups in total. The fourth-order valence-electron chi connectivity index (χ4n) is 3.16. The van der Waals surface area contributed by atoms with Crippen molar-refractivity contribution in [2.75, 3.05) is 19.6 Å². The van der Waals surface area contributed by atoms with Crippen molar-refractivity contribution in [3.05, 3.63) is 35.9 Å². The van der Waals surface area contributed by atoms with E-state index >= 15 is 0 Å². The van der Waals surface area contributed by atoms with Gasteiger partial charge in [-0.15, -0.1) is 0 Å². The highest BCUT2D eigenvalue weighted by molar-refractivity contribution is 5.78. The lowest BCUT2D eigenvalue weighted by molar-refractivity contribution is -0.136. The number of benzene rings is 1. The second kappa shape index (κ2) is 8.18. The molecule has 1 aromatic carbocycles. The first-order valence-electron chi connectivity index (χ1n) is 8.23. The fraction of sp³-hybridized carbons (Fsp3) is 0.611. The van der Waals surface area contributed by atoms with E-state index in [9.17, 15) is 4.79 Å². The first-order valence-corrected chi connectivity index (χ1v) is 8.23. The molecule has 1 fully saturated rings. The molecular weight excluding hydrogens is 260 g/mol. The number of amides is 1. The molecule has 0 aliphatic carbocycles. The molecule has 1 aliphatic rings. The summed E-state index contributed by atoms with van der Waals surface area (Å²) in [6.45, 7) is 4.55. The van der Waals surface area contributed by atoms with Gasteiger partial charge in [0.05, 0.1) is 0 Å². The van der Waals surface area contributed by atoms with Crippen molar-refractivity contribution < 1.29 is 4.79 Å². The Kier molecular flexibility index (Phi) is 6.24. The average molecular weight is 288 g/mol. The summed E-state index contributed by atoms with van der Waals surface area (Å²) in [6.07, 6.45) is 5.26. The molecule has 1 aromatic rings.